The molecule has 4 rings (SSSR count). The minimum absolute atomic E-state index is 0.0787. The molecule has 6 heteroatoms. The second kappa shape index (κ2) is 10.7. The van der Waals surface area contributed by atoms with Crippen molar-refractivity contribution in [3.8, 4) is 33.1 Å². The van der Waals surface area contributed by atoms with Crippen LogP contribution in [-0.2, 0) is 6.61 Å². The van der Waals surface area contributed by atoms with Gasteiger partial charge in [0.15, 0.2) is 0 Å². The molecule has 0 aliphatic heterocycles. The third-order valence-electron chi connectivity index (χ3n) is 5.85. The summed E-state index contributed by atoms with van der Waals surface area (Å²) in [6.07, 6.45) is 0.622. The van der Waals surface area contributed by atoms with E-state index in [4.69, 9.17) is 14.6 Å². The Labute approximate surface area is 203 Å². The lowest BCUT2D eigenvalue weighted by atomic mass is 9.90. The standard InChI is InChI=1S/C28H29NO4S/c1-18-14-24(32-13-5-12-30)15-19(2)28(18)25-7-4-6-22(20(25)3)17-33-23-10-8-21(9-11-23)26-16-27(31)29-34-26/h4,6-11,14-16,30H,5,12-13,17H2,1-3H3,(H,29,31). The summed E-state index contributed by atoms with van der Waals surface area (Å²) in [5, 5.41) is 8.98. The summed E-state index contributed by atoms with van der Waals surface area (Å²) >= 11 is 1.33. The van der Waals surface area contributed by atoms with Crippen LogP contribution in [0.2, 0.25) is 0 Å². The molecule has 34 heavy (non-hydrogen) atoms. The second-order valence-electron chi connectivity index (χ2n) is 8.34. The molecule has 0 spiro atoms. The molecule has 176 valence electrons. The molecule has 0 saturated heterocycles. The van der Waals surface area contributed by atoms with E-state index >= 15 is 0 Å². The number of aromatic amines is 1. The Morgan fingerprint density at radius 2 is 1.65 bits per heavy atom. The summed E-state index contributed by atoms with van der Waals surface area (Å²) in [4.78, 5) is 12.3. The van der Waals surface area contributed by atoms with Crippen LogP contribution in [0.25, 0.3) is 21.6 Å². The van der Waals surface area contributed by atoms with Gasteiger partial charge in [0.05, 0.1) is 11.5 Å². The first-order chi connectivity index (χ1) is 16.5. The number of rotatable bonds is 9. The SMILES string of the molecule is Cc1cc(OCCCO)cc(C)c1-c1cccc(COc2ccc(-c3cc(=O)[nH]s3)cc2)c1C. The zero-order valence-electron chi connectivity index (χ0n) is 19.7. The highest BCUT2D eigenvalue weighted by Crippen LogP contribution is 2.34. The molecule has 3 aromatic carbocycles. The van der Waals surface area contributed by atoms with E-state index in [0.29, 0.717) is 19.6 Å². The van der Waals surface area contributed by atoms with Crippen LogP contribution in [0.3, 0.4) is 0 Å². The third kappa shape index (κ3) is 5.41. The van der Waals surface area contributed by atoms with Gasteiger partial charge >= 0.3 is 0 Å². The molecule has 1 heterocycles. The number of aromatic nitrogens is 1. The lowest BCUT2D eigenvalue weighted by Crippen LogP contribution is -2.02. The van der Waals surface area contributed by atoms with Crippen molar-refractivity contribution in [2.24, 2.45) is 0 Å². The van der Waals surface area contributed by atoms with Gasteiger partial charge in [-0.25, -0.2) is 0 Å². The lowest BCUT2D eigenvalue weighted by molar-refractivity contribution is 0.233. The van der Waals surface area contributed by atoms with E-state index in [1.165, 1.54) is 28.2 Å². The van der Waals surface area contributed by atoms with Gasteiger partial charge in [-0.15, -0.1) is 0 Å². The second-order valence-corrected chi connectivity index (χ2v) is 9.19. The van der Waals surface area contributed by atoms with Crippen LogP contribution in [-0.4, -0.2) is 22.7 Å². The van der Waals surface area contributed by atoms with Gasteiger partial charge in [0.25, 0.3) is 5.56 Å². The number of aryl methyl sites for hydroxylation is 2. The van der Waals surface area contributed by atoms with Gasteiger partial charge in [-0.05, 0) is 96.1 Å². The number of hydrogen-bond acceptors (Lipinski definition) is 5. The fourth-order valence-corrected chi connectivity index (χ4v) is 4.79. The monoisotopic (exact) mass is 475 g/mol. The van der Waals surface area contributed by atoms with Crippen LogP contribution in [0.15, 0.2) is 65.5 Å². The molecule has 1 aromatic heterocycles. The van der Waals surface area contributed by atoms with E-state index in [0.717, 1.165) is 38.6 Å². The molecule has 0 fully saturated rings. The molecule has 5 nitrogen and oxygen atoms in total. The number of hydrogen-bond donors (Lipinski definition) is 2. The molecular formula is C28H29NO4S. The largest absolute Gasteiger partial charge is 0.493 e. The predicted molar refractivity (Wildman–Crippen MR) is 138 cm³/mol. The van der Waals surface area contributed by atoms with Crippen molar-refractivity contribution in [1.82, 2.24) is 4.37 Å². The molecule has 2 N–H and O–H groups in total. The van der Waals surface area contributed by atoms with E-state index in [1.54, 1.807) is 6.07 Å². The first-order valence-corrected chi connectivity index (χ1v) is 12.1. The van der Waals surface area contributed by atoms with Gasteiger partial charge in [0.2, 0.25) is 0 Å². The first kappa shape index (κ1) is 23.8. The molecule has 0 atom stereocenters. The number of aliphatic hydroxyl groups excluding tert-OH is 1. The molecule has 0 amide bonds. The van der Waals surface area contributed by atoms with E-state index < -0.39 is 0 Å². The summed E-state index contributed by atoms with van der Waals surface area (Å²) in [7, 11) is 0. The number of benzene rings is 3. The maximum Gasteiger partial charge on any atom is 0.258 e. The van der Waals surface area contributed by atoms with Gasteiger partial charge in [0.1, 0.15) is 18.1 Å². The van der Waals surface area contributed by atoms with Crippen molar-refractivity contribution in [2.45, 2.75) is 33.8 Å². The van der Waals surface area contributed by atoms with E-state index in [-0.39, 0.29) is 12.2 Å². The molecular weight excluding hydrogens is 446 g/mol. The number of ether oxygens (including phenoxy) is 2. The number of H-pyrrole nitrogens is 1. The third-order valence-corrected chi connectivity index (χ3v) is 6.73. The fourth-order valence-electron chi connectivity index (χ4n) is 4.10. The van der Waals surface area contributed by atoms with Crippen molar-refractivity contribution < 1.29 is 14.6 Å². The Morgan fingerprint density at radius 3 is 2.29 bits per heavy atom. The zero-order valence-corrected chi connectivity index (χ0v) is 20.5. The summed E-state index contributed by atoms with van der Waals surface area (Å²) in [5.74, 6) is 1.62. The Balaban J connectivity index is 1.51. The summed E-state index contributed by atoms with van der Waals surface area (Å²) in [6, 6.07) is 19.8. The maximum atomic E-state index is 11.4. The minimum atomic E-state index is -0.0787. The highest BCUT2D eigenvalue weighted by atomic mass is 32.1. The highest BCUT2D eigenvalue weighted by Gasteiger charge is 2.13. The van der Waals surface area contributed by atoms with Crippen LogP contribution in [0, 0.1) is 20.8 Å². The van der Waals surface area contributed by atoms with Crippen LogP contribution in [0.4, 0.5) is 0 Å². The normalized spacial score (nSPS) is 10.9. The highest BCUT2D eigenvalue weighted by molar-refractivity contribution is 7.09. The minimum Gasteiger partial charge on any atom is -0.493 e. The Kier molecular flexibility index (Phi) is 7.50. The molecule has 0 aliphatic carbocycles. The predicted octanol–water partition coefficient (Wildman–Crippen LogP) is 6.04. The van der Waals surface area contributed by atoms with Gasteiger partial charge < -0.3 is 14.6 Å². The van der Waals surface area contributed by atoms with E-state index in [2.05, 4.69) is 55.5 Å². The Hall–Kier alpha value is -3.35. The first-order valence-electron chi connectivity index (χ1n) is 11.3. The quantitative estimate of drug-likeness (QED) is 0.290. The molecule has 0 aliphatic rings. The topological polar surface area (TPSA) is 71.5 Å². The average molecular weight is 476 g/mol. The van der Waals surface area contributed by atoms with Crippen LogP contribution in [0.1, 0.15) is 28.7 Å². The fraction of sp³-hybridized carbons (Fsp3) is 0.250. The number of aliphatic hydroxyl groups is 1. The molecule has 0 bridgehead atoms. The molecule has 0 unspecified atom stereocenters. The zero-order chi connectivity index (χ0) is 24.1. The summed E-state index contributed by atoms with van der Waals surface area (Å²) in [6.45, 7) is 7.45. The molecule has 0 radical (unpaired) electrons. The van der Waals surface area contributed by atoms with Gasteiger partial charge in [-0.1, -0.05) is 29.7 Å². The lowest BCUT2D eigenvalue weighted by Gasteiger charge is -2.18. The Bertz CT molecular complexity index is 1300. The summed E-state index contributed by atoms with van der Waals surface area (Å²) in [5.41, 5.74) is 7.95. The van der Waals surface area contributed by atoms with Crippen molar-refractivity contribution >= 4 is 11.5 Å². The van der Waals surface area contributed by atoms with Gasteiger partial charge in [-0.2, -0.15) is 0 Å². The molecule has 0 saturated carbocycles. The van der Waals surface area contributed by atoms with Gasteiger partial charge in [-0.3, -0.25) is 9.17 Å². The van der Waals surface area contributed by atoms with E-state index in [9.17, 15) is 4.79 Å². The van der Waals surface area contributed by atoms with Crippen LogP contribution < -0.4 is 15.0 Å². The van der Waals surface area contributed by atoms with Crippen molar-refractivity contribution in [3.63, 3.8) is 0 Å². The van der Waals surface area contributed by atoms with Crippen molar-refractivity contribution in [2.75, 3.05) is 13.2 Å². The van der Waals surface area contributed by atoms with Crippen molar-refractivity contribution in [1.29, 1.82) is 0 Å². The maximum absolute atomic E-state index is 11.4. The molecule has 4 aromatic rings. The van der Waals surface area contributed by atoms with Crippen LogP contribution >= 0.6 is 11.5 Å². The van der Waals surface area contributed by atoms with Crippen LogP contribution in [0.5, 0.6) is 11.5 Å². The smallest absolute Gasteiger partial charge is 0.258 e. The Morgan fingerprint density at radius 1 is 0.912 bits per heavy atom. The summed E-state index contributed by atoms with van der Waals surface area (Å²) < 4.78 is 14.6. The van der Waals surface area contributed by atoms with E-state index in [1.807, 2.05) is 24.3 Å². The number of nitrogens with one attached hydrogen (secondary N) is 1. The van der Waals surface area contributed by atoms with Gasteiger partial charge in [0, 0.05) is 19.1 Å². The van der Waals surface area contributed by atoms with Crippen molar-refractivity contribution in [3.05, 3.63) is 93.3 Å². The average Bonchev–Trinajstić information content (AvgIpc) is 3.26.